The molecule has 1 aromatic rings. The van der Waals surface area contributed by atoms with E-state index in [-0.39, 0.29) is 24.5 Å². The van der Waals surface area contributed by atoms with Crippen molar-refractivity contribution >= 4 is 23.6 Å². The highest BCUT2D eigenvalue weighted by Gasteiger charge is 2.26. The number of carbonyl (C=O) groups excluding carboxylic acids is 2. The van der Waals surface area contributed by atoms with Crippen LogP contribution in [-0.2, 0) is 22.4 Å². The van der Waals surface area contributed by atoms with Crippen molar-refractivity contribution in [2.45, 2.75) is 46.3 Å². The molecule has 0 bridgehead atoms. The molecule has 0 radical (unpaired) electrons. The van der Waals surface area contributed by atoms with E-state index in [9.17, 15) is 9.59 Å². The number of rotatable bonds is 3. The van der Waals surface area contributed by atoms with Crippen LogP contribution in [0.4, 0.5) is 21.0 Å². The molecule has 26 heavy (non-hydrogen) atoms. The van der Waals surface area contributed by atoms with Crippen LogP contribution in [0, 0.1) is 0 Å². The summed E-state index contributed by atoms with van der Waals surface area (Å²) in [7, 11) is 0. The van der Waals surface area contributed by atoms with E-state index in [2.05, 4.69) is 20.3 Å². The molecule has 140 valence electrons. The second-order valence-electron chi connectivity index (χ2n) is 6.63. The molecule has 1 N–H and O–H groups in total. The van der Waals surface area contributed by atoms with E-state index in [4.69, 9.17) is 15.0 Å². The number of ether oxygens (including phenoxy) is 2. The molecule has 0 unspecified atom stereocenters. The summed E-state index contributed by atoms with van der Waals surface area (Å²) in [5, 5.41) is 6.25. The van der Waals surface area contributed by atoms with Gasteiger partial charge in [0.15, 0.2) is 0 Å². The first-order chi connectivity index (χ1) is 12.2. The maximum atomic E-state index is 12.0. The highest BCUT2D eigenvalue weighted by atomic mass is 16.6. The average Bonchev–Trinajstić information content (AvgIpc) is 2.55. The van der Waals surface area contributed by atoms with Crippen molar-refractivity contribution in [3.63, 3.8) is 0 Å². The molecule has 2 amide bonds. The zero-order valence-corrected chi connectivity index (χ0v) is 15.3. The molecule has 1 aliphatic rings. The van der Waals surface area contributed by atoms with Crippen LogP contribution in [-0.4, -0.2) is 40.8 Å². The summed E-state index contributed by atoms with van der Waals surface area (Å²) in [5.41, 5.74) is 9.97. The van der Waals surface area contributed by atoms with Crippen LogP contribution >= 0.6 is 0 Å². The van der Waals surface area contributed by atoms with Gasteiger partial charge in [0.05, 0.1) is 30.7 Å². The first-order valence-electron chi connectivity index (χ1n) is 8.22. The van der Waals surface area contributed by atoms with Gasteiger partial charge in [0.25, 0.3) is 0 Å². The number of aromatic nitrogens is 1. The summed E-state index contributed by atoms with van der Waals surface area (Å²) in [6.45, 7) is 7.85. The Labute approximate surface area is 151 Å². The van der Waals surface area contributed by atoms with Crippen LogP contribution in [0.3, 0.4) is 0 Å². The summed E-state index contributed by atoms with van der Waals surface area (Å²) in [6.07, 6.45) is 0.781. The SMILES string of the molecule is CCOC(=O)N1CCc2ncc(NC(=O)OC(C)(C)C)c(N=[N+]=[N-])c2C1. The molecule has 0 atom stereocenters. The zero-order chi connectivity index (χ0) is 19.3. The fraction of sp³-hybridized carbons (Fsp3) is 0.562. The number of anilines is 1. The van der Waals surface area contributed by atoms with E-state index in [1.807, 2.05) is 0 Å². The Morgan fingerprint density at radius 2 is 2.19 bits per heavy atom. The van der Waals surface area contributed by atoms with E-state index < -0.39 is 17.8 Å². The van der Waals surface area contributed by atoms with E-state index in [0.29, 0.717) is 24.2 Å². The molecule has 0 saturated heterocycles. The van der Waals surface area contributed by atoms with Crippen LogP contribution in [0.5, 0.6) is 0 Å². The van der Waals surface area contributed by atoms with Gasteiger partial charge in [-0.2, -0.15) is 0 Å². The van der Waals surface area contributed by atoms with E-state index in [0.717, 1.165) is 0 Å². The maximum absolute atomic E-state index is 12.0. The first kappa shape index (κ1) is 19.3. The first-order valence-corrected chi connectivity index (χ1v) is 8.22. The monoisotopic (exact) mass is 362 g/mol. The van der Waals surface area contributed by atoms with Gasteiger partial charge >= 0.3 is 12.2 Å². The molecule has 1 aromatic heterocycles. The zero-order valence-electron chi connectivity index (χ0n) is 15.3. The third-order valence-electron chi connectivity index (χ3n) is 3.51. The Morgan fingerprint density at radius 3 is 2.81 bits per heavy atom. The van der Waals surface area contributed by atoms with Crippen molar-refractivity contribution in [1.29, 1.82) is 0 Å². The molecule has 2 rings (SSSR count). The molecule has 10 nitrogen and oxygen atoms in total. The lowest BCUT2D eigenvalue weighted by molar-refractivity contribution is 0.0635. The lowest BCUT2D eigenvalue weighted by atomic mass is 10.0. The largest absolute Gasteiger partial charge is 0.450 e. The van der Waals surface area contributed by atoms with Gasteiger partial charge in [0.2, 0.25) is 0 Å². The number of azide groups is 1. The Kier molecular flexibility index (Phi) is 5.89. The normalized spacial score (nSPS) is 13.3. The average molecular weight is 362 g/mol. The van der Waals surface area contributed by atoms with Gasteiger partial charge in [-0.1, -0.05) is 5.11 Å². The third-order valence-corrected chi connectivity index (χ3v) is 3.51. The van der Waals surface area contributed by atoms with Crippen LogP contribution in [0.15, 0.2) is 11.3 Å². The van der Waals surface area contributed by atoms with Crippen molar-refractivity contribution in [2.24, 2.45) is 5.11 Å². The van der Waals surface area contributed by atoms with Crippen LogP contribution in [0.25, 0.3) is 10.4 Å². The van der Waals surface area contributed by atoms with E-state index in [1.54, 1.807) is 27.7 Å². The maximum Gasteiger partial charge on any atom is 0.412 e. The lowest BCUT2D eigenvalue weighted by Gasteiger charge is -2.29. The number of pyridine rings is 1. The summed E-state index contributed by atoms with van der Waals surface area (Å²) in [4.78, 5) is 32.7. The quantitative estimate of drug-likeness (QED) is 0.495. The molecular formula is C16H22N6O4. The minimum atomic E-state index is -0.688. The summed E-state index contributed by atoms with van der Waals surface area (Å²) < 4.78 is 10.2. The number of hydrogen-bond donors (Lipinski definition) is 1. The van der Waals surface area contributed by atoms with E-state index in [1.165, 1.54) is 11.1 Å². The number of hydrogen-bond acceptors (Lipinski definition) is 6. The van der Waals surface area contributed by atoms with E-state index >= 15 is 0 Å². The Hall–Kier alpha value is -3.00. The molecule has 0 aliphatic carbocycles. The Bertz CT molecular complexity index is 752. The van der Waals surface area contributed by atoms with Gasteiger partial charge in [0, 0.05) is 29.1 Å². The second-order valence-corrected chi connectivity index (χ2v) is 6.63. The summed E-state index contributed by atoms with van der Waals surface area (Å²) >= 11 is 0. The van der Waals surface area contributed by atoms with Crippen LogP contribution in [0.2, 0.25) is 0 Å². The molecule has 0 aromatic carbocycles. The number of carbonyl (C=O) groups is 2. The third kappa shape index (κ3) is 4.76. The highest BCUT2D eigenvalue weighted by molar-refractivity contribution is 5.89. The second kappa shape index (κ2) is 7.92. The summed E-state index contributed by atoms with van der Waals surface area (Å²) in [5.74, 6) is 0. The van der Waals surface area contributed by atoms with Crippen molar-refractivity contribution in [1.82, 2.24) is 9.88 Å². The number of amides is 2. The molecule has 1 aliphatic heterocycles. The van der Waals surface area contributed by atoms with Crippen LogP contribution < -0.4 is 5.32 Å². The predicted molar refractivity (Wildman–Crippen MR) is 94.0 cm³/mol. The minimum absolute atomic E-state index is 0.180. The molecule has 0 fully saturated rings. The Balaban J connectivity index is 2.32. The summed E-state index contributed by atoms with van der Waals surface area (Å²) in [6, 6.07) is 0. The lowest BCUT2D eigenvalue weighted by Crippen LogP contribution is -2.37. The topological polar surface area (TPSA) is 130 Å². The van der Waals surface area contributed by atoms with Crippen molar-refractivity contribution in [3.05, 3.63) is 27.9 Å². The van der Waals surface area contributed by atoms with Gasteiger partial charge < -0.3 is 14.4 Å². The molecule has 2 heterocycles. The van der Waals surface area contributed by atoms with Gasteiger partial charge in [0.1, 0.15) is 5.60 Å². The molecule has 0 spiro atoms. The molecule has 0 saturated carbocycles. The smallest absolute Gasteiger partial charge is 0.412 e. The highest BCUT2D eigenvalue weighted by Crippen LogP contribution is 2.34. The fourth-order valence-electron chi connectivity index (χ4n) is 2.51. The van der Waals surface area contributed by atoms with Gasteiger partial charge in [-0.15, -0.1) is 0 Å². The molecule has 10 heteroatoms. The number of nitrogens with one attached hydrogen (secondary N) is 1. The fourth-order valence-corrected chi connectivity index (χ4v) is 2.51. The molecular weight excluding hydrogens is 340 g/mol. The standard InChI is InChI=1S/C16H22N6O4/c1-5-25-15(24)22-7-6-11-10(9-22)13(20-21-17)12(8-18-11)19-14(23)26-16(2,3)4/h8H,5-7,9H2,1-4H3,(H,19,23). The van der Waals surface area contributed by atoms with Gasteiger partial charge in [-0.25, -0.2) is 9.59 Å². The predicted octanol–water partition coefficient (Wildman–Crippen LogP) is 3.89. The van der Waals surface area contributed by atoms with Gasteiger partial charge in [-0.3, -0.25) is 10.3 Å². The van der Waals surface area contributed by atoms with Gasteiger partial charge in [-0.05, 0) is 33.2 Å². The number of fused-ring (bicyclic) bond motifs is 1. The minimum Gasteiger partial charge on any atom is -0.450 e. The van der Waals surface area contributed by atoms with Crippen LogP contribution in [0.1, 0.15) is 39.0 Å². The van der Waals surface area contributed by atoms with Crippen molar-refractivity contribution in [3.8, 4) is 0 Å². The Morgan fingerprint density at radius 1 is 1.46 bits per heavy atom. The van der Waals surface area contributed by atoms with Crippen molar-refractivity contribution < 1.29 is 19.1 Å². The number of nitrogens with zero attached hydrogens (tertiary/aromatic N) is 5. The van der Waals surface area contributed by atoms with Crippen molar-refractivity contribution in [2.75, 3.05) is 18.5 Å².